The summed E-state index contributed by atoms with van der Waals surface area (Å²) in [5, 5.41) is 0.554. The Kier molecular flexibility index (Phi) is 5.29. The molecule has 0 N–H and O–H groups in total. The minimum absolute atomic E-state index is 0.128. The maximum atomic E-state index is 11.8. The minimum Gasteiger partial charge on any atom is -0.465 e. The molecule has 0 radical (unpaired) electrons. The van der Waals surface area contributed by atoms with Crippen LogP contribution in [0.15, 0.2) is 11.2 Å². The van der Waals surface area contributed by atoms with Gasteiger partial charge in [-0.1, -0.05) is 11.8 Å². The van der Waals surface area contributed by atoms with E-state index in [1.54, 1.807) is 0 Å². The van der Waals surface area contributed by atoms with E-state index in [0.29, 0.717) is 11.8 Å². The monoisotopic (exact) mass is 362 g/mol. The highest BCUT2D eigenvalue weighted by molar-refractivity contribution is 8.00. The summed E-state index contributed by atoms with van der Waals surface area (Å²) in [6.45, 7) is 4.76. The number of carbonyl (C=O) groups is 1. The summed E-state index contributed by atoms with van der Waals surface area (Å²) in [7, 11) is 0. The maximum absolute atomic E-state index is 11.8. The second-order valence-corrected chi connectivity index (χ2v) is 8.19. The Hall–Kier alpha value is -1.50. The Morgan fingerprint density at radius 1 is 0.920 bits per heavy atom. The predicted molar refractivity (Wildman–Crippen MR) is 99.4 cm³/mol. The van der Waals surface area contributed by atoms with Crippen molar-refractivity contribution in [3.8, 4) is 0 Å². The van der Waals surface area contributed by atoms with E-state index < -0.39 is 0 Å². The normalized spacial score (nSPS) is 24.5. The first-order valence-electron chi connectivity index (χ1n) is 9.52. The molecule has 3 aliphatic heterocycles. The van der Waals surface area contributed by atoms with Crippen molar-refractivity contribution < 1.29 is 9.53 Å². The fraction of sp³-hybridized carbons (Fsp3) is 0.722. The van der Waals surface area contributed by atoms with Crippen LogP contribution < -0.4 is 9.80 Å². The van der Waals surface area contributed by atoms with Gasteiger partial charge < -0.3 is 14.5 Å². The smallest absolute Gasteiger partial charge is 0.319 e. The van der Waals surface area contributed by atoms with Gasteiger partial charge >= 0.3 is 5.97 Å². The van der Waals surface area contributed by atoms with E-state index in [0.717, 1.165) is 44.2 Å². The molecule has 7 heteroatoms. The molecule has 1 unspecified atom stereocenters. The highest BCUT2D eigenvalue weighted by Gasteiger charge is 2.29. The van der Waals surface area contributed by atoms with Crippen LogP contribution >= 0.6 is 11.8 Å². The molecule has 3 saturated heterocycles. The summed E-state index contributed by atoms with van der Waals surface area (Å²) in [4.78, 5) is 26.2. The summed E-state index contributed by atoms with van der Waals surface area (Å²) in [6, 6.07) is 2.15. The number of thioether (sulfide) groups is 1. The number of nitrogens with zero attached hydrogens (tertiary/aromatic N) is 4. The second kappa shape index (κ2) is 7.81. The van der Waals surface area contributed by atoms with Gasteiger partial charge in [-0.3, -0.25) is 4.79 Å². The van der Waals surface area contributed by atoms with E-state index in [2.05, 4.69) is 15.9 Å². The highest BCUT2D eigenvalue weighted by Crippen LogP contribution is 2.32. The molecule has 4 heterocycles. The van der Waals surface area contributed by atoms with Crippen LogP contribution in [0.25, 0.3) is 0 Å². The van der Waals surface area contributed by atoms with E-state index in [1.165, 1.54) is 50.3 Å². The lowest BCUT2D eigenvalue weighted by Gasteiger charge is -2.31. The Morgan fingerprint density at radius 2 is 1.48 bits per heavy atom. The van der Waals surface area contributed by atoms with Crippen LogP contribution in [0.3, 0.4) is 0 Å². The Labute approximate surface area is 153 Å². The van der Waals surface area contributed by atoms with Crippen LogP contribution in [0, 0.1) is 0 Å². The van der Waals surface area contributed by atoms with E-state index in [-0.39, 0.29) is 11.2 Å². The first kappa shape index (κ1) is 16.9. The largest absolute Gasteiger partial charge is 0.465 e. The molecule has 1 aromatic rings. The summed E-state index contributed by atoms with van der Waals surface area (Å²) in [5.41, 5.74) is 0. The number of aromatic nitrogens is 2. The zero-order valence-electron chi connectivity index (χ0n) is 14.7. The number of hydrogen-bond acceptors (Lipinski definition) is 7. The molecule has 1 aromatic heterocycles. The van der Waals surface area contributed by atoms with E-state index in [4.69, 9.17) is 14.7 Å². The number of esters is 1. The van der Waals surface area contributed by atoms with Crippen molar-refractivity contribution in [3.63, 3.8) is 0 Å². The Bertz CT molecular complexity index is 579. The third kappa shape index (κ3) is 4.02. The van der Waals surface area contributed by atoms with Crippen molar-refractivity contribution in [2.24, 2.45) is 0 Å². The number of ether oxygens (including phenoxy) is 1. The van der Waals surface area contributed by atoms with Crippen LogP contribution in [0.1, 0.15) is 44.9 Å². The van der Waals surface area contributed by atoms with Crippen LogP contribution in [0.2, 0.25) is 0 Å². The van der Waals surface area contributed by atoms with Gasteiger partial charge in [-0.05, 0) is 38.5 Å². The molecule has 0 spiro atoms. The van der Waals surface area contributed by atoms with Gasteiger partial charge in [-0.2, -0.15) is 0 Å². The van der Waals surface area contributed by atoms with Crippen molar-refractivity contribution in [1.82, 2.24) is 9.97 Å². The molecule has 6 nitrogen and oxygen atoms in total. The second-order valence-electron chi connectivity index (χ2n) is 7.02. The van der Waals surface area contributed by atoms with Gasteiger partial charge in [0, 0.05) is 38.7 Å². The quantitative estimate of drug-likeness (QED) is 0.603. The molecule has 0 amide bonds. The van der Waals surface area contributed by atoms with Crippen molar-refractivity contribution in [3.05, 3.63) is 6.07 Å². The topological polar surface area (TPSA) is 58.6 Å². The molecule has 25 heavy (non-hydrogen) atoms. The molecule has 1 atom stereocenters. The molecule has 3 aliphatic rings. The zero-order valence-corrected chi connectivity index (χ0v) is 15.5. The number of cyclic esters (lactones) is 1. The van der Waals surface area contributed by atoms with Gasteiger partial charge in [0.1, 0.15) is 16.9 Å². The average Bonchev–Trinajstić information content (AvgIpc) is 3.07. The van der Waals surface area contributed by atoms with Crippen LogP contribution in [-0.4, -0.2) is 54.0 Å². The van der Waals surface area contributed by atoms with Crippen molar-refractivity contribution in [1.29, 1.82) is 0 Å². The first-order chi connectivity index (χ1) is 12.3. The SMILES string of the molecule is O=C1OCCC1Sc1nc(N2CCCCC2)cc(N2CCCCC2)n1. The minimum atomic E-state index is -0.161. The van der Waals surface area contributed by atoms with Crippen molar-refractivity contribution in [2.75, 3.05) is 42.6 Å². The van der Waals surface area contributed by atoms with Crippen LogP contribution in [-0.2, 0) is 9.53 Å². The number of piperidine rings is 2. The van der Waals surface area contributed by atoms with Crippen molar-refractivity contribution >= 4 is 29.4 Å². The third-order valence-corrected chi connectivity index (χ3v) is 6.28. The van der Waals surface area contributed by atoms with Crippen LogP contribution in [0.4, 0.5) is 11.6 Å². The maximum Gasteiger partial charge on any atom is 0.319 e. The molecule has 3 fully saturated rings. The Morgan fingerprint density at radius 3 is 1.96 bits per heavy atom. The fourth-order valence-electron chi connectivity index (χ4n) is 3.74. The lowest BCUT2D eigenvalue weighted by Crippen LogP contribution is -2.33. The molecule has 0 aromatic carbocycles. The molecule has 136 valence electrons. The number of rotatable bonds is 4. The molecule has 4 rings (SSSR count). The van der Waals surface area contributed by atoms with E-state index in [9.17, 15) is 4.79 Å². The Balaban J connectivity index is 1.60. The first-order valence-corrected chi connectivity index (χ1v) is 10.4. The standard InChI is InChI=1S/C18H26N4O2S/c23-17-14(7-12-24-17)25-18-19-15(21-8-3-1-4-9-21)13-16(20-18)22-10-5-2-6-11-22/h13-14H,1-12H2. The zero-order chi connectivity index (χ0) is 17.1. The molecule has 0 bridgehead atoms. The van der Waals surface area contributed by atoms with Gasteiger partial charge in [0.2, 0.25) is 0 Å². The summed E-state index contributed by atoms with van der Waals surface area (Å²) >= 11 is 1.47. The molecular weight excluding hydrogens is 336 g/mol. The fourth-order valence-corrected chi connectivity index (χ4v) is 4.66. The van der Waals surface area contributed by atoms with E-state index in [1.807, 2.05) is 0 Å². The van der Waals surface area contributed by atoms with E-state index >= 15 is 0 Å². The summed E-state index contributed by atoms with van der Waals surface area (Å²) in [5.74, 6) is 1.91. The number of anilines is 2. The van der Waals surface area contributed by atoms with Gasteiger partial charge in [0.25, 0.3) is 0 Å². The average molecular weight is 362 g/mol. The lowest BCUT2D eigenvalue weighted by atomic mass is 10.1. The summed E-state index contributed by atoms with van der Waals surface area (Å²) in [6.07, 6.45) is 8.24. The molecule has 0 saturated carbocycles. The summed E-state index contributed by atoms with van der Waals surface area (Å²) < 4.78 is 5.09. The van der Waals surface area contributed by atoms with Gasteiger partial charge in [0.05, 0.1) is 6.61 Å². The molecular formula is C18H26N4O2S. The van der Waals surface area contributed by atoms with Gasteiger partial charge in [0.15, 0.2) is 5.16 Å². The highest BCUT2D eigenvalue weighted by atomic mass is 32.2. The van der Waals surface area contributed by atoms with Crippen molar-refractivity contribution in [2.45, 2.75) is 55.4 Å². The van der Waals surface area contributed by atoms with Crippen LogP contribution in [0.5, 0.6) is 0 Å². The predicted octanol–water partition coefficient (Wildman–Crippen LogP) is 2.86. The van der Waals surface area contributed by atoms with Gasteiger partial charge in [-0.15, -0.1) is 0 Å². The number of hydrogen-bond donors (Lipinski definition) is 0. The van der Waals surface area contributed by atoms with Gasteiger partial charge in [-0.25, -0.2) is 9.97 Å². The lowest BCUT2D eigenvalue weighted by molar-refractivity contribution is -0.137. The molecule has 0 aliphatic carbocycles. The number of carbonyl (C=O) groups excluding carboxylic acids is 1. The third-order valence-electron chi connectivity index (χ3n) is 5.17.